The number of methoxy groups -OCH3 is 3. The number of hydrogen-bond acceptors (Lipinski definition) is 4. The number of ether oxygens (including phenoxy) is 3. The molecule has 27 heavy (non-hydrogen) atoms. The van der Waals surface area contributed by atoms with Gasteiger partial charge in [-0.25, -0.2) is 4.99 Å². The Bertz CT molecular complexity index is 750. The van der Waals surface area contributed by atoms with E-state index in [-0.39, 0.29) is 0 Å². The fraction of sp³-hybridized carbons (Fsp3) is 0.381. The fourth-order valence-electron chi connectivity index (χ4n) is 2.72. The van der Waals surface area contributed by atoms with Crippen LogP contribution in [0.1, 0.15) is 23.6 Å². The molecule has 146 valence electrons. The summed E-state index contributed by atoms with van der Waals surface area (Å²) in [5.41, 5.74) is 3.34. The van der Waals surface area contributed by atoms with Gasteiger partial charge < -0.3 is 24.8 Å². The van der Waals surface area contributed by atoms with Crippen molar-refractivity contribution < 1.29 is 14.2 Å². The Morgan fingerprint density at radius 2 is 1.63 bits per heavy atom. The molecule has 0 saturated carbocycles. The number of nitrogens with one attached hydrogen (secondary N) is 2. The van der Waals surface area contributed by atoms with Crippen LogP contribution in [0.4, 0.5) is 0 Å². The van der Waals surface area contributed by atoms with Crippen LogP contribution in [0.15, 0.2) is 41.4 Å². The molecular weight excluding hydrogens is 342 g/mol. The molecule has 0 amide bonds. The number of hydrogen-bond donors (Lipinski definition) is 2. The third-order valence-electron chi connectivity index (χ3n) is 4.26. The highest BCUT2D eigenvalue weighted by molar-refractivity contribution is 5.80. The van der Waals surface area contributed by atoms with Gasteiger partial charge >= 0.3 is 0 Å². The highest BCUT2D eigenvalue weighted by Gasteiger charge is 2.13. The largest absolute Gasteiger partial charge is 0.496 e. The molecule has 0 unspecified atom stereocenters. The van der Waals surface area contributed by atoms with E-state index in [2.05, 4.69) is 29.7 Å². The number of rotatable bonds is 8. The van der Waals surface area contributed by atoms with Gasteiger partial charge in [0.15, 0.2) is 5.96 Å². The molecule has 0 aliphatic rings. The molecule has 0 bridgehead atoms. The van der Waals surface area contributed by atoms with Crippen LogP contribution >= 0.6 is 0 Å². The molecule has 6 nitrogen and oxygen atoms in total. The van der Waals surface area contributed by atoms with Gasteiger partial charge in [-0.3, -0.25) is 0 Å². The predicted octanol–water partition coefficient (Wildman–Crippen LogP) is 3.28. The second-order valence-corrected chi connectivity index (χ2v) is 5.99. The van der Waals surface area contributed by atoms with E-state index in [1.165, 1.54) is 11.1 Å². The van der Waals surface area contributed by atoms with Gasteiger partial charge in [0.25, 0.3) is 0 Å². The Kier molecular flexibility index (Phi) is 7.79. The van der Waals surface area contributed by atoms with Crippen molar-refractivity contribution in [2.45, 2.75) is 26.9 Å². The first-order valence-electron chi connectivity index (χ1n) is 8.98. The number of aliphatic imine (C=N–C) groups is 1. The molecule has 6 heteroatoms. The Hall–Kier alpha value is -2.89. The normalized spacial score (nSPS) is 11.1. The van der Waals surface area contributed by atoms with Gasteiger partial charge in [-0.2, -0.15) is 0 Å². The smallest absolute Gasteiger partial charge is 0.191 e. The molecule has 2 aromatic rings. The van der Waals surface area contributed by atoms with Crippen LogP contribution in [0.5, 0.6) is 17.2 Å². The van der Waals surface area contributed by atoms with Crippen LogP contribution in [0.3, 0.4) is 0 Å². The Balaban J connectivity index is 2.18. The van der Waals surface area contributed by atoms with Crippen LogP contribution in [0.2, 0.25) is 0 Å². The third kappa shape index (κ3) is 5.54. The monoisotopic (exact) mass is 371 g/mol. The molecule has 0 saturated heterocycles. The summed E-state index contributed by atoms with van der Waals surface area (Å²) in [6.07, 6.45) is 0. The minimum absolute atomic E-state index is 0.510. The zero-order valence-electron chi connectivity index (χ0n) is 16.8. The molecule has 0 spiro atoms. The number of guanidine groups is 1. The topological polar surface area (TPSA) is 64.1 Å². The Morgan fingerprint density at radius 3 is 2.19 bits per heavy atom. The molecule has 0 atom stereocenters. The zero-order chi connectivity index (χ0) is 19.6. The van der Waals surface area contributed by atoms with E-state index in [0.29, 0.717) is 30.3 Å². The lowest BCUT2D eigenvalue weighted by molar-refractivity contribution is 0.368. The Morgan fingerprint density at radius 1 is 0.963 bits per heavy atom. The minimum Gasteiger partial charge on any atom is -0.496 e. The van der Waals surface area contributed by atoms with E-state index in [1.54, 1.807) is 21.3 Å². The molecule has 2 rings (SSSR count). The molecule has 0 fully saturated rings. The van der Waals surface area contributed by atoms with Gasteiger partial charge in [-0.1, -0.05) is 24.3 Å². The molecule has 2 aromatic carbocycles. The van der Waals surface area contributed by atoms with Crippen LogP contribution < -0.4 is 24.8 Å². The summed E-state index contributed by atoms with van der Waals surface area (Å²) >= 11 is 0. The first-order valence-corrected chi connectivity index (χ1v) is 8.98. The molecule has 2 N–H and O–H groups in total. The van der Waals surface area contributed by atoms with Crippen molar-refractivity contribution in [1.29, 1.82) is 0 Å². The van der Waals surface area contributed by atoms with Crippen molar-refractivity contribution in [3.8, 4) is 17.2 Å². The van der Waals surface area contributed by atoms with Crippen molar-refractivity contribution >= 4 is 5.96 Å². The van der Waals surface area contributed by atoms with Crippen molar-refractivity contribution in [1.82, 2.24) is 10.6 Å². The van der Waals surface area contributed by atoms with Crippen LogP contribution in [0, 0.1) is 6.92 Å². The average molecular weight is 371 g/mol. The highest BCUT2D eigenvalue weighted by Crippen LogP contribution is 2.33. The molecular formula is C21H29N3O3. The van der Waals surface area contributed by atoms with Crippen molar-refractivity contribution in [2.24, 2.45) is 4.99 Å². The molecule has 0 aliphatic heterocycles. The summed E-state index contributed by atoms with van der Waals surface area (Å²) in [5, 5.41) is 6.62. The predicted molar refractivity (Wildman–Crippen MR) is 109 cm³/mol. The van der Waals surface area contributed by atoms with Gasteiger partial charge in [0.1, 0.15) is 17.2 Å². The van der Waals surface area contributed by atoms with Crippen LogP contribution in [0.25, 0.3) is 0 Å². The first-order chi connectivity index (χ1) is 13.1. The van der Waals surface area contributed by atoms with Gasteiger partial charge in [0.2, 0.25) is 0 Å². The minimum atomic E-state index is 0.510. The number of benzene rings is 2. The van der Waals surface area contributed by atoms with Crippen molar-refractivity contribution in [3.05, 3.63) is 53.1 Å². The van der Waals surface area contributed by atoms with E-state index < -0.39 is 0 Å². The fourth-order valence-corrected chi connectivity index (χ4v) is 2.72. The lowest BCUT2D eigenvalue weighted by Gasteiger charge is -2.17. The summed E-state index contributed by atoms with van der Waals surface area (Å²) in [7, 11) is 4.89. The molecule has 0 aliphatic carbocycles. The number of nitrogens with zero attached hydrogens (tertiary/aromatic N) is 1. The molecule has 0 aromatic heterocycles. The third-order valence-corrected chi connectivity index (χ3v) is 4.26. The van der Waals surface area contributed by atoms with Crippen LogP contribution in [-0.2, 0) is 13.1 Å². The maximum Gasteiger partial charge on any atom is 0.191 e. The van der Waals surface area contributed by atoms with Gasteiger partial charge in [0.05, 0.1) is 40.0 Å². The SMILES string of the molecule is CCNC(=NCc1ccccc1C)NCc1c(OC)cc(OC)cc1OC. The maximum absolute atomic E-state index is 5.51. The second kappa shape index (κ2) is 10.3. The lowest BCUT2D eigenvalue weighted by Crippen LogP contribution is -2.37. The maximum atomic E-state index is 5.51. The zero-order valence-corrected chi connectivity index (χ0v) is 16.8. The standard InChI is InChI=1S/C21H29N3O3/c1-6-22-21(23-13-16-10-8-7-9-15(16)2)24-14-18-19(26-4)11-17(25-3)12-20(18)27-5/h7-12H,6,13-14H2,1-5H3,(H2,22,23,24). The van der Waals surface area contributed by atoms with Crippen molar-refractivity contribution in [2.75, 3.05) is 27.9 Å². The summed E-state index contributed by atoms with van der Waals surface area (Å²) < 4.78 is 16.3. The highest BCUT2D eigenvalue weighted by atomic mass is 16.5. The summed E-state index contributed by atoms with van der Waals surface area (Å²) in [4.78, 5) is 4.69. The van der Waals surface area contributed by atoms with Gasteiger partial charge in [0, 0.05) is 18.7 Å². The van der Waals surface area contributed by atoms with Gasteiger partial charge in [-0.15, -0.1) is 0 Å². The van der Waals surface area contributed by atoms with E-state index in [0.717, 1.165) is 18.1 Å². The second-order valence-electron chi connectivity index (χ2n) is 5.99. The quantitative estimate of drug-likeness (QED) is 0.551. The summed E-state index contributed by atoms with van der Waals surface area (Å²) in [5.74, 6) is 2.83. The van der Waals surface area contributed by atoms with Crippen molar-refractivity contribution in [3.63, 3.8) is 0 Å². The molecule has 0 heterocycles. The lowest BCUT2D eigenvalue weighted by atomic mass is 10.1. The van der Waals surface area contributed by atoms with E-state index in [1.807, 2.05) is 31.2 Å². The Labute approximate surface area is 161 Å². The van der Waals surface area contributed by atoms with E-state index >= 15 is 0 Å². The first kappa shape index (κ1) is 20.4. The molecule has 0 radical (unpaired) electrons. The summed E-state index contributed by atoms with van der Waals surface area (Å²) in [6.45, 7) is 6.03. The van der Waals surface area contributed by atoms with Gasteiger partial charge in [-0.05, 0) is 25.0 Å². The summed E-state index contributed by atoms with van der Waals surface area (Å²) in [6, 6.07) is 11.9. The van der Waals surface area contributed by atoms with E-state index in [4.69, 9.17) is 19.2 Å². The van der Waals surface area contributed by atoms with Crippen LogP contribution in [-0.4, -0.2) is 33.8 Å². The average Bonchev–Trinajstić information content (AvgIpc) is 2.70. The number of aryl methyl sites for hydroxylation is 1. The van der Waals surface area contributed by atoms with E-state index in [9.17, 15) is 0 Å².